The van der Waals surface area contributed by atoms with E-state index in [-0.39, 0.29) is 11.1 Å². The fourth-order valence-electron chi connectivity index (χ4n) is 4.84. The molecule has 2 aliphatic heterocycles. The number of rotatable bonds is 6. The van der Waals surface area contributed by atoms with Crippen LogP contribution in [0, 0.1) is 0 Å². The summed E-state index contributed by atoms with van der Waals surface area (Å²) in [6.45, 7) is 0.818. The Morgan fingerprint density at radius 1 is 0.744 bits per heavy atom. The highest BCUT2D eigenvalue weighted by atomic mass is 16.7. The van der Waals surface area contributed by atoms with E-state index >= 15 is 0 Å². The van der Waals surface area contributed by atoms with Crippen LogP contribution in [0.1, 0.15) is 6.92 Å². The van der Waals surface area contributed by atoms with Gasteiger partial charge >= 0.3 is 0 Å². The maximum Gasteiger partial charge on any atom is 0.239 e. The van der Waals surface area contributed by atoms with E-state index in [1.807, 2.05) is 0 Å². The molecule has 2 aliphatic rings. The predicted molar refractivity (Wildman–Crippen MR) is 140 cm³/mol. The molecular weight excluding hydrogens is 580 g/mol. The minimum Gasteiger partial charge on any atom is -0.508 e. The Morgan fingerprint density at radius 3 is 2.12 bits per heavy atom. The van der Waals surface area contributed by atoms with E-state index in [9.17, 15) is 55.9 Å². The quantitative estimate of drug-likeness (QED) is 0.140. The lowest BCUT2D eigenvalue weighted by Crippen LogP contribution is -2.61. The van der Waals surface area contributed by atoms with Crippen LogP contribution in [0.5, 0.6) is 28.7 Å². The van der Waals surface area contributed by atoms with Crippen LogP contribution in [-0.2, 0) is 14.2 Å². The van der Waals surface area contributed by atoms with E-state index in [2.05, 4.69) is 0 Å². The van der Waals surface area contributed by atoms with Gasteiger partial charge in [-0.05, 0) is 25.1 Å². The molecule has 0 bridgehead atoms. The Balaban J connectivity index is 1.48. The third-order valence-electron chi connectivity index (χ3n) is 7.29. The van der Waals surface area contributed by atoms with Gasteiger partial charge in [0.1, 0.15) is 65.2 Å². The van der Waals surface area contributed by atoms with E-state index < -0.39 is 113 Å². The summed E-state index contributed by atoms with van der Waals surface area (Å²) in [7, 11) is 0. The van der Waals surface area contributed by atoms with E-state index in [1.54, 1.807) is 0 Å². The van der Waals surface area contributed by atoms with Crippen LogP contribution < -0.4 is 10.2 Å². The fraction of sp³-hybridized carbons (Fsp3) is 0.444. The lowest BCUT2D eigenvalue weighted by molar-refractivity contribution is -0.318. The molecule has 0 saturated carbocycles. The zero-order chi connectivity index (χ0) is 31.3. The number of ether oxygens (including phenoxy) is 4. The zero-order valence-corrected chi connectivity index (χ0v) is 22.3. The number of hydrogen-bond acceptors (Lipinski definition) is 16. The third kappa shape index (κ3) is 5.67. The Morgan fingerprint density at radius 2 is 1.42 bits per heavy atom. The maximum absolute atomic E-state index is 13.6. The highest BCUT2D eigenvalue weighted by Gasteiger charge is 2.47. The Bertz CT molecular complexity index is 1540. The van der Waals surface area contributed by atoms with Gasteiger partial charge in [0.15, 0.2) is 23.5 Å². The summed E-state index contributed by atoms with van der Waals surface area (Å²) in [6.07, 6.45) is -16.2. The summed E-state index contributed by atoms with van der Waals surface area (Å²) in [5.41, 5.74) is -1.35. The average Bonchev–Trinajstić information content (AvgIpc) is 2.96. The van der Waals surface area contributed by atoms with Crippen molar-refractivity contribution < 1.29 is 74.4 Å². The predicted octanol–water partition coefficient (Wildman–Crippen LogP) is -1.69. The van der Waals surface area contributed by atoms with Gasteiger partial charge in [0, 0.05) is 17.7 Å². The zero-order valence-electron chi connectivity index (χ0n) is 22.3. The molecule has 5 rings (SSSR count). The first-order valence-electron chi connectivity index (χ1n) is 13.0. The molecule has 3 heterocycles. The number of phenols is 4. The monoisotopic (exact) mass is 610 g/mol. The van der Waals surface area contributed by atoms with Gasteiger partial charge in [-0.25, -0.2) is 0 Å². The standard InChI is InChI=1S/C27H30O16/c1-8-17(32)20(35)22(37)26(40-8)39-7-15-18(33)21(36)23(38)27(42-15)43-25-19(34)16-13(31)5-10(28)6-14(16)41-24(25)9-2-3-11(29)12(30)4-9/h2-6,8,15,17-18,20-23,26-33,35-38H,7H2,1H3/t8-,15-,17-,18-,20+,21+,22+,23-,26+,27-/m1/s1. The van der Waals surface area contributed by atoms with Crippen molar-refractivity contribution in [1.29, 1.82) is 0 Å². The molecule has 0 spiro atoms. The molecule has 16 nitrogen and oxygen atoms in total. The van der Waals surface area contributed by atoms with Gasteiger partial charge in [-0.15, -0.1) is 0 Å². The molecule has 0 aliphatic carbocycles. The van der Waals surface area contributed by atoms with Gasteiger partial charge in [-0.3, -0.25) is 4.79 Å². The lowest BCUT2D eigenvalue weighted by Gasteiger charge is -2.42. The number of phenolic OH excluding ortho intramolecular Hbond substituents is 4. The summed E-state index contributed by atoms with van der Waals surface area (Å²) < 4.78 is 27.8. The molecule has 0 unspecified atom stereocenters. The van der Waals surface area contributed by atoms with Gasteiger partial charge in [0.05, 0.1) is 12.7 Å². The number of aliphatic hydroxyl groups excluding tert-OH is 6. The van der Waals surface area contributed by atoms with E-state index in [0.717, 1.165) is 24.3 Å². The van der Waals surface area contributed by atoms with Crippen LogP contribution in [0.15, 0.2) is 39.5 Å². The Labute approximate surface area is 241 Å². The van der Waals surface area contributed by atoms with Crippen molar-refractivity contribution >= 4 is 11.0 Å². The molecule has 43 heavy (non-hydrogen) atoms. The molecule has 16 heteroatoms. The van der Waals surface area contributed by atoms with Gasteiger partial charge in [-0.1, -0.05) is 0 Å². The minimum absolute atomic E-state index is 0.0313. The van der Waals surface area contributed by atoms with Crippen molar-refractivity contribution in [2.45, 2.75) is 68.3 Å². The van der Waals surface area contributed by atoms with E-state index in [1.165, 1.54) is 13.0 Å². The van der Waals surface area contributed by atoms with Gasteiger partial charge in [0.25, 0.3) is 0 Å². The topological polar surface area (TPSA) is 269 Å². The summed E-state index contributed by atoms with van der Waals surface area (Å²) >= 11 is 0. The van der Waals surface area contributed by atoms with Crippen LogP contribution in [0.3, 0.4) is 0 Å². The number of aromatic hydroxyl groups is 4. The molecule has 10 atom stereocenters. The molecule has 0 amide bonds. The molecule has 1 aromatic heterocycles. The summed E-state index contributed by atoms with van der Waals surface area (Å²) in [5, 5.41) is 101. The second-order valence-corrected chi connectivity index (χ2v) is 10.3. The highest BCUT2D eigenvalue weighted by Crippen LogP contribution is 2.39. The lowest BCUT2D eigenvalue weighted by atomic mass is 9.98. The molecular formula is C27H30O16. The third-order valence-corrected chi connectivity index (χ3v) is 7.29. The minimum atomic E-state index is -1.97. The van der Waals surface area contributed by atoms with Crippen molar-refractivity contribution in [3.05, 3.63) is 40.6 Å². The molecule has 0 radical (unpaired) electrons. The van der Waals surface area contributed by atoms with Gasteiger partial charge in [0.2, 0.25) is 17.5 Å². The fourth-order valence-corrected chi connectivity index (χ4v) is 4.84. The van der Waals surface area contributed by atoms with Crippen LogP contribution in [0.25, 0.3) is 22.3 Å². The first kappa shape index (κ1) is 30.7. The second kappa shape index (κ2) is 11.8. The van der Waals surface area contributed by atoms with Crippen LogP contribution in [0.2, 0.25) is 0 Å². The first-order chi connectivity index (χ1) is 20.3. The molecule has 234 valence electrons. The summed E-state index contributed by atoms with van der Waals surface area (Å²) in [5.74, 6) is -3.33. The Kier molecular flexibility index (Phi) is 8.41. The maximum atomic E-state index is 13.6. The Hall–Kier alpha value is -3.71. The van der Waals surface area contributed by atoms with Crippen LogP contribution in [-0.4, -0.2) is 119 Å². The van der Waals surface area contributed by atoms with Crippen LogP contribution >= 0.6 is 0 Å². The van der Waals surface area contributed by atoms with Crippen molar-refractivity contribution in [3.8, 4) is 40.1 Å². The molecule has 10 N–H and O–H groups in total. The summed E-state index contributed by atoms with van der Waals surface area (Å²) in [6, 6.07) is 5.24. The second-order valence-electron chi connectivity index (χ2n) is 10.3. The first-order valence-corrected chi connectivity index (χ1v) is 13.0. The molecule has 2 fully saturated rings. The molecule has 2 aromatic carbocycles. The number of hydrogen-bond donors (Lipinski definition) is 10. The van der Waals surface area contributed by atoms with E-state index in [4.69, 9.17) is 23.4 Å². The molecule has 2 saturated heterocycles. The normalized spacial score (nSPS) is 33.0. The SMILES string of the molecule is C[C@H]1O[C@H](OC[C@H]2O[C@H](Oc3c(-c4ccc(O)c(O)c4)oc4cc(O)cc(O)c4c3=O)[C@H](O)[C@@H](O)[C@@H]2O)[C@@H](O)[C@@H](O)[C@@H]1O. The highest BCUT2D eigenvalue weighted by molar-refractivity contribution is 5.88. The van der Waals surface area contributed by atoms with E-state index in [0.29, 0.717) is 0 Å². The number of benzene rings is 2. The smallest absolute Gasteiger partial charge is 0.239 e. The van der Waals surface area contributed by atoms with Crippen molar-refractivity contribution in [3.63, 3.8) is 0 Å². The number of aliphatic hydroxyl groups is 6. The summed E-state index contributed by atoms with van der Waals surface area (Å²) in [4.78, 5) is 13.6. The van der Waals surface area contributed by atoms with Gasteiger partial charge in [-0.2, -0.15) is 0 Å². The average molecular weight is 611 g/mol. The van der Waals surface area contributed by atoms with Crippen molar-refractivity contribution in [2.24, 2.45) is 0 Å². The molecule has 3 aromatic rings. The van der Waals surface area contributed by atoms with Crippen molar-refractivity contribution in [2.75, 3.05) is 6.61 Å². The van der Waals surface area contributed by atoms with Crippen LogP contribution in [0.4, 0.5) is 0 Å². The van der Waals surface area contributed by atoms with Gasteiger partial charge < -0.3 is 74.4 Å². The largest absolute Gasteiger partial charge is 0.508 e. The number of fused-ring (bicyclic) bond motifs is 1. The van der Waals surface area contributed by atoms with Crippen molar-refractivity contribution in [1.82, 2.24) is 0 Å².